The average Bonchev–Trinajstić information content (AvgIpc) is 2.15. The Labute approximate surface area is 91.3 Å². The predicted octanol–water partition coefficient (Wildman–Crippen LogP) is 2.01. The molecule has 0 spiro atoms. The van der Waals surface area contributed by atoms with Gasteiger partial charge in [-0.1, -0.05) is 34.1 Å². The molecule has 0 saturated heterocycles. The zero-order valence-corrected chi connectivity index (χ0v) is 9.25. The number of nitrogens with one attached hydrogen (secondary N) is 1. The Balaban J connectivity index is 2.31. The van der Waals surface area contributed by atoms with Crippen molar-refractivity contribution in [2.24, 2.45) is 0 Å². The molecule has 0 fully saturated rings. The monoisotopic (exact) mass is 257 g/mol. The average molecular weight is 258 g/mol. The number of carboxylic acids is 1. The maximum atomic E-state index is 10.2. The molecule has 0 aliphatic heterocycles. The molecule has 0 amide bonds. The lowest BCUT2D eigenvalue weighted by Crippen LogP contribution is -2.17. The van der Waals surface area contributed by atoms with E-state index in [2.05, 4.69) is 21.2 Å². The summed E-state index contributed by atoms with van der Waals surface area (Å²) in [6.07, 6.45) is 0.157. The highest BCUT2D eigenvalue weighted by atomic mass is 79.9. The van der Waals surface area contributed by atoms with Crippen molar-refractivity contribution in [2.45, 2.75) is 13.0 Å². The van der Waals surface area contributed by atoms with E-state index in [9.17, 15) is 4.79 Å². The number of halogens is 1. The molecule has 0 bridgehead atoms. The molecular weight excluding hydrogens is 246 g/mol. The first-order chi connectivity index (χ1) is 6.70. The number of rotatable bonds is 5. The van der Waals surface area contributed by atoms with Gasteiger partial charge >= 0.3 is 5.97 Å². The highest BCUT2D eigenvalue weighted by Gasteiger charge is 1.98. The van der Waals surface area contributed by atoms with Crippen molar-refractivity contribution in [3.8, 4) is 0 Å². The van der Waals surface area contributed by atoms with E-state index < -0.39 is 5.97 Å². The summed E-state index contributed by atoms with van der Waals surface area (Å²) in [4.78, 5) is 10.2. The molecule has 0 heterocycles. The van der Waals surface area contributed by atoms with E-state index in [0.29, 0.717) is 13.1 Å². The third kappa shape index (κ3) is 3.89. The predicted molar refractivity (Wildman–Crippen MR) is 58.1 cm³/mol. The van der Waals surface area contributed by atoms with Crippen LogP contribution >= 0.6 is 15.9 Å². The first-order valence-electron chi connectivity index (χ1n) is 4.36. The first-order valence-corrected chi connectivity index (χ1v) is 5.15. The van der Waals surface area contributed by atoms with Gasteiger partial charge in [0.05, 0.1) is 6.42 Å². The summed E-state index contributed by atoms with van der Waals surface area (Å²) in [5, 5.41) is 11.5. The van der Waals surface area contributed by atoms with E-state index in [-0.39, 0.29) is 6.42 Å². The van der Waals surface area contributed by atoms with Gasteiger partial charge in [0.15, 0.2) is 0 Å². The molecule has 3 nitrogen and oxygen atoms in total. The minimum atomic E-state index is -0.773. The summed E-state index contributed by atoms with van der Waals surface area (Å²) < 4.78 is 1.04. The van der Waals surface area contributed by atoms with Gasteiger partial charge in [0.25, 0.3) is 0 Å². The van der Waals surface area contributed by atoms with Gasteiger partial charge in [0, 0.05) is 17.6 Å². The van der Waals surface area contributed by atoms with Crippen molar-refractivity contribution >= 4 is 21.9 Å². The lowest BCUT2D eigenvalue weighted by molar-refractivity contribution is -0.136. The zero-order chi connectivity index (χ0) is 10.4. The smallest absolute Gasteiger partial charge is 0.304 e. The Hall–Kier alpha value is -0.870. The molecule has 76 valence electrons. The minimum absolute atomic E-state index is 0.157. The largest absolute Gasteiger partial charge is 0.481 e. The molecule has 2 N–H and O–H groups in total. The van der Waals surface area contributed by atoms with Gasteiger partial charge < -0.3 is 10.4 Å². The van der Waals surface area contributed by atoms with Crippen LogP contribution in [0, 0.1) is 0 Å². The van der Waals surface area contributed by atoms with Crippen molar-refractivity contribution < 1.29 is 9.90 Å². The van der Waals surface area contributed by atoms with Gasteiger partial charge in [0.1, 0.15) is 0 Å². The van der Waals surface area contributed by atoms with Crippen molar-refractivity contribution in [1.29, 1.82) is 0 Å². The van der Waals surface area contributed by atoms with Gasteiger partial charge in [-0.25, -0.2) is 0 Å². The lowest BCUT2D eigenvalue weighted by Gasteiger charge is -2.04. The van der Waals surface area contributed by atoms with Gasteiger partial charge in [0.2, 0.25) is 0 Å². The van der Waals surface area contributed by atoms with E-state index in [1.165, 1.54) is 0 Å². The number of hydrogen-bond acceptors (Lipinski definition) is 2. The quantitative estimate of drug-likeness (QED) is 0.794. The highest BCUT2D eigenvalue weighted by molar-refractivity contribution is 9.10. The Kier molecular flexibility index (Phi) is 4.62. The molecule has 0 radical (unpaired) electrons. The molecule has 0 aromatic heterocycles. The van der Waals surface area contributed by atoms with Crippen molar-refractivity contribution in [1.82, 2.24) is 5.32 Å². The van der Waals surface area contributed by atoms with Crippen LogP contribution in [0.3, 0.4) is 0 Å². The van der Waals surface area contributed by atoms with Crippen LogP contribution in [0.25, 0.3) is 0 Å². The van der Waals surface area contributed by atoms with Crippen LogP contribution in [0.5, 0.6) is 0 Å². The highest BCUT2D eigenvalue weighted by Crippen LogP contribution is 2.14. The second-order valence-corrected chi connectivity index (χ2v) is 3.77. The molecule has 4 heteroatoms. The van der Waals surface area contributed by atoms with E-state index >= 15 is 0 Å². The zero-order valence-electron chi connectivity index (χ0n) is 7.66. The molecule has 1 rings (SSSR count). The fourth-order valence-corrected chi connectivity index (χ4v) is 1.49. The Morgan fingerprint density at radius 3 is 2.79 bits per heavy atom. The number of benzene rings is 1. The molecule has 1 aromatic carbocycles. The van der Waals surface area contributed by atoms with Crippen LogP contribution in [0.2, 0.25) is 0 Å². The Bertz CT molecular complexity index is 315. The SMILES string of the molecule is O=C(O)CCNCc1ccccc1Br. The van der Waals surface area contributed by atoms with Gasteiger partial charge in [-0.15, -0.1) is 0 Å². The van der Waals surface area contributed by atoms with Crippen LogP contribution in [0.15, 0.2) is 28.7 Å². The van der Waals surface area contributed by atoms with Crippen LogP contribution < -0.4 is 5.32 Å². The second-order valence-electron chi connectivity index (χ2n) is 2.91. The Morgan fingerprint density at radius 1 is 1.43 bits per heavy atom. The fourth-order valence-electron chi connectivity index (χ4n) is 1.06. The summed E-state index contributed by atoms with van der Waals surface area (Å²) in [5.41, 5.74) is 1.14. The summed E-state index contributed by atoms with van der Waals surface area (Å²) in [7, 11) is 0. The third-order valence-electron chi connectivity index (χ3n) is 1.79. The van der Waals surface area contributed by atoms with Crippen molar-refractivity contribution in [3.05, 3.63) is 34.3 Å². The van der Waals surface area contributed by atoms with E-state index in [1.807, 2.05) is 24.3 Å². The number of carbonyl (C=O) groups is 1. The minimum Gasteiger partial charge on any atom is -0.481 e. The van der Waals surface area contributed by atoms with Gasteiger partial charge in [-0.05, 0) is 11.6 Å². The number of aliphatic carboxylic acids is 1. The number of hydrogen-bond donors (Lipinski definition) is 2. The summed E-state index contributed by atoms with van der Waals surface area (Å²) >= 11 is 3.42. The van der Waals surface area contributed by atoms with E-state index in [1.54, 1.807) is 0 Å². The molecular formula is C10H12BrNO2. The van der Waals surface area contributed by atoms with E-state index in [0.717, 1.165) is 10.0 Å². The lowest BCUT2D eigenvalue weighted by atomic mass is 10.2. The molecule has 0 aliphatic carbocycles. The maximum Gasteiger partial charge on any atom is 0.304 e. The summed E-state index contributed by atoms with van der Waals surface area (Å²) in [6, 6.07) is 7.87. The normalized spacial score (nSPS) is 10.1. The van der Waals surface area contributed by atoms with Crippen molar-refractivity contribution in [3.63, 3.8) is 0 Å². The first kappa shape index (κ1) is 11.2. The Morgan fingerprint density at radius 2 is 2.14 bits per heavy atom. The van der Waals surface area contributed by atoms with Gasteiger partial charge in [-0.3, -0.25) is 4.79 Å². The molecule has 0 aliphatic rings. The van der Waals surface area contributed by atoms with Crippen LogP contribution in [-0.2, 0) is 11.3 Å². The topological polar surface area (TPSA) is 49.3 Å². The molecule has 14 heavy (non-hydrogen) atoms. The van der Waals surface area contributed by atoms with Crippen LogP contribution in [0.4, 0.5) is 0 Å². The standard InChI is InChI=1S/C10H12BrNO2/c11-9-4-2-1-3-8(9)7-12-6-5-10(13)14/h1-4,12H,5-7H2,(H,13,14). The summed E-state index contributed by atoms with van der Waals surface area (Å²) in [6.45, 7) is 1.19. The molecule has 0 atom stereocenters. The third-order valence-corrected chi connectivity index (χ3v) is 2.56. The number of carboxylic acid groups (broad SMARTS) is 1. The van der Waals surface area contributed by atoms with E-state index in [4.69, 9.17) is 5.11 Å². The maximum absolute atomic E-state index is 10.2. The molecule has 0 saturated carbocycles. The fraction of sp³-hybridized carbons (Fsp3) is 0.300. The van der Waals surface area contributed by atoms with Crippen LogP contribution in [0.1, 0.15) is 12.0 Å². The summed E-state index contributed by atoms with van der Waals surface area (Å²) in [5.74, 6) is -0.773. The second kappa shape index (κ2) is 5.78. The molecule has 0 unspecified atom stereocenters. The van der Waals surface area contributed by atoms with Crippen LogP contribution in [-0.4, -0.2) is 17.6 Å². The molecule has 1 aromatic rings. The van der Waals surface area contributed by atoms with Gasteiger partial charge in [-0.2, -0.15) is 0 Å². The van der Waals surface area contributed by atoms with Crippen molar-refractivity contribution in [2.75, 3.05) is 6.54 Å².